The van der Waals surface area contributed by atoms with Crippen molar-refractivity contribution >= 4 is 34.4 Å². The lowest BCUT2D eigenvalue weighted by Crippen LogP contribution is -2.38. The number of nitrogens with zero attached hydrogens (tertiary/aromatic N) is 1. The molecule has 1 aromatic carbocycles. The molecule has 0 saturated heterocycles. The number of carbonyl (C=O) groups is 2. The van der Waals surface area contributed by atoms with Gasteiger partial charge in [0, 0.05) is 34.2 Å². The number of ether oxygens (including phenoxy) is 1. The summed E-state index contributed by atoms with van der Waals surface area (Å²) in [6.45, 7) is 1.88. The zero-order valence-corrected chi connectivity index (χ0v) is 16.7. The first-order chi connectivity index (χ1) is 13.6. The van der Waals surface area contributed by atoms with Gasteiger partial charge >= 0.3 is 0 Å². The van der Waals surface area contributed by atoms with Crippen molar-refractivity contribution in [3.63, 3.8) is 0 Å². The third-order valence-corrected chi connectivity index (χ3v) is 6.29. The summed E-state index contributed by atoms with van der Waals surface area (Å²) in [5.41, 5.74) is 2.94. The number of Topliss-reactive ketones (excluding diaryl/α,β-unsaturated/α-hetero) is 1. The highest BCUT2D eigenvalue weighted by atomic mass is 32.1. The summed E-state index contributed by atoms with van der Waals surface area (Å²) < 4.78 is 5.36. The van der Waals surface area contributed by atoms with Crippen molar-refractivity contribution in [2.24, 2.45) is 10.9 Å². The molecule has 1 aliphatic carbocycles. The van der Waals surface area contributed by atoms with Crippen molar-refractivity contribution < 1.29 is 14.3 Å². The van der Waals surface area contributed by atoms with Crippen molar-refractivity contribution in [2.45, 2.75) is 32.1 Å². The smallest absolute Gasteiger partial charge is 0.234 e. The van der Waals surface area contributed by atoms with Crippen LogP contribution in [0.4, 0.5) is 5.69 Å². The van der Waals surface area contributed by atoms with Crippen LogP contribution in [0.25, 0.3) is 0 Å². The summed E-state index contributed by atoms with van der Waals surface area (Å²) in [7, 11) is 1.57. The van der Waals surface area contributed by atoms with E-state index in [0.29, 0.717) is 17.9 Å². The first-order valence-corrected chi connectivity index (χ1v) is 10.3. The van der Waals surface area contributed by atoms with E-state index in [1.165, 1.54) is 0 Å². The molecule has 0 spiro atoms. The van der Waals surface area contributed by atoms with E-state index in [0.717, 1.165) is 34.7 Å². The average molecular weight is 394 g/mol. The van der Waals surface area contributed by atoms with Crippen LogP contribution >= 0.6 is 11.3 Å². The van der Waals surface area contributed by atoms with Crippen molar-refractivity contribution in [3.8, 4) is 5.75 Å². The number of allylic oxidation sites excluding steroid dienone is 2. The summed E-state index contributed by atoms with van der Waals surface area (Å²) in [5.74, 6) is -0.262. The second-order valence-corrected chi connectivity index (χ2v) is 8.03. The number of anilines is 1. The van der Waals surface area contributed by atoms with Gasteiger partial charge in [0.25, 0.3) is 0 Å². The minimum absolute atomic E-state index is 0.117. The van der Waals surface area contributed by atoms with E-state index in [1.807, 2.05) is 42.6 Å². The maximum absolute atomic E-state index is 13.4. The number of amides is 1. The number of benzene rings is 1. The highest BCUT2D eigenvalue weighted by molar-refractivity contribution is 7.10. The van der Waals surface area contributed by atoms with Gasteiger partial charge < -0.3 is 10.1 Å². The van der Waals surface area contributed by atoms with Gasteiger partial charge in [-0.15, -0.1) is 11.3 Å². The second-order valence-electron chi connectivity index (χ2n) is 7.05. The fourth-order valence-electron chi connectivity index (χ4n) is 4.08. The molecule has 2 aromatic rings. The first-order valence-electron chi connectivity index (χ1n) is 9.39. The van der Waals surface area contributed by atoms with E-state index in [4.69, 9.17) is 4.74 Å². The summed E-state index contributed by atoms with van der Waals surface area (Å²) in [6.07, 6.45) is 2.14. The largest absolute Gasteiger partial charge is 0.495 e. The Bertz CT molecular complexity index is 975. The molecule has 1 aliphatic heterocycles. The number of nitrogens with one attached hydrogen (secondary N) is 1. The minimum atomic E-state index is -0.524. The zero-order chi connectivity index (χ0) is 19.7. The van der Waals surface area contributed by atoms with Gasteiger partial charge in [0.2, 0.25) is 5.91 Å². The Morgan fingerprint density at radius 3 is 2.79 bits per heavy atom. The molecule has 0 bridgehead atoms. The number of methoxy groups -OCH3 is 1. The number of ketones is 1. The lowest BCUT2D eigenvalue weighted by molar-refractivity contribution is -0.119. The molecule has 0 fully saturated rings. The standard InChI is InChI=1S/C22H22N2O3S/c1-13-19(22(26)24-14-7-3-4-10-17(14)27-2)21(18-11-6-12-28-18)20-15(23-13)8-5-9-16(20)25/h3-4,6-7,10-12,19,21H,5,8-9H2,1-2H3,(H,24,26)/t19?,21-/m0/s1. The molecule has 1 unspecified atom stereocenters. The van der Waals surface area contributed by atoms with E-state index in [1.54, 1.807) is 24.5 Å². The van der Waals surface area contributed by atoms with Crippen LogP contribution in [0, 0.1) is 5.92 Å². The third kappa shape index (κ3) is 3.29. The van der Waals surface area contributed by atoms with Gasteiger partial charge in [-0.05, 0) is 43.3 Å². The Labute approximate surface area is 168 Å². The van der Waals surface area contributed by atoms with E-state index in [2.05, 4.69) is 10.3 Å². The molecular weight excluding hydrogens is 372 g/mol. The molecule has 2 aliphatic rings. The monoisotopic (exact) mass is 394 g/mol. The van der Waals surface area contributed by atoms with Crippen LogP contribution in [-0.2, 0) is 9.59 Å². The van der Waals surface area contributed by atoms with Crippen molar-refractivity contribution in [2.75, 3.05) is 12.4 Å². The zero-order valence-electron chi connectivity index (χ0n) is 15.9. The second kappa shape index (κ2) is 7.72. The number of para-hydroxylation sites is 2. The van der Waals surface area contributed by atoms with Gasteiger partial charge in [-0.3, -0.25) is 14.6 Å². The van der Waals surface area contributed by atoms with E-state index in [9.17, 15) is 9.59 Å². The fourth-order valence-corrected chi connectivity index (χ4v) is 4.95. The maximum Gasteiger partial charge on any atom is 0.234 e. The van der Waals surface area contributed by atoms with Crippen LogP contribution in [0.3, 0.4) is 0 Å². The summed E-state index contributed by atoms with van der Waals surface area (Å²) >= 11 is 1.58. The molecule has 6 heteroatoms. The Hall–Kier alpha value is -2.73. The molecule has 2 heterocycles. The van der Waals surface area contributed by atoms with E-state index >= 15 is 0 Å². The van der Waals surface area contributed by atoms with Crippen LogP contribution in [0.15, 0.2) is 58.0 Å². The number of hydrogen-bond donors (Lipinski definition) is 1. The molecule has 1 aromatic heterocycles. The van der Waals surface area contributed by atoms with Crippen molar-refractivity contribution in [1.82, 2.24) is 0 Å². The Balaban J connectivity index is 1.74. The molecule has 5 nitrogen and oxygen atoms in total. The van der Waals surface area contributed by atoms with Crippen LogP contribution in [0.1, 0.15) is 37.0 Å². The molecule has 0 saturated carbocycles. The van der Waals surface area contributed by atoms with E-state index in [-0.39, 0.29) is 17.6 Å². The molecule has 1 N–H and O–H groups in total. The molecule has 2 atom stereocenters. The van der Waals surface area contributed by atoms with Gasteiger partial charge in [0.1, 0.15) is 5.75 Å². The van der Waals surface area contributed by atoms with Gasteiger partial charge in [0.15, 0.2) is 5.78 Å². The SMILES string of the molecule is COc1ccccc1NC(=O)C1C(C)=NC2=C(C(=O)CCC2)[C@H]1c1cccs1. The normalized spacial score (nSPS) is 21.8. The fraction of sp³-hybridized carbons (Fsp3) is 0.318. The Kier molecular flexibility index (Phi) is 5.13. The predicted octanol–water partition coefficient (Wildman–Crippen LogP) is 4.58. The lowest BCUT2D eigenvalue weighted by atomic mass is 9.74. The minimum Gasteiger partial charge on any atom is -0.495 e. The topological polar surface area (TPSA) is 67.8 Å². The van der Waals surface area contributed by atoms with E-state index < -0.39 is 5.92 Å². The molecular formula is C22H22N2O3S. The predicted molar refractivity (Wildman–Crippen MR) is 111 cm³/mol. The molecule has 28 heavy (non-hydrogen) atoms. The van der Waals surface area contributed by atoms with Crippen LogP contribution in [0.2, 0.25) is 0 Å². The summed E-state index contributed by atoms with van der Waals surface area (Å²) in [5, 5.41) is 4.98. The van der Waals surface area contributed by atoms with Crippen LogP contribution in [-0.4, -0.2) is 24.5 Å². The third-order valence-electron chi connectivity index (χ3n) is 5.33. The first kappa shape index (κ1) is 18.6. The van der Waals surface area contributed by atoms with Gasteiger partial charge in [-0.2, -0.15) is 0 Å². The van der Waals surface area contributed by atoms with Crippen molar-refractivity contribution in [3.05, 3.63) is 57.9 Å². The number of carbonyl (C=O) groups excluding carboxylic acids is 2. The summed E-state index contributed by atoms with van der Waals surface area (Å²) in [6, 6.07) is 11.3. The molecule has 0 radical (unpaired) electrons. The molecule has 1 amide bonds. The van der Waals surface area contributed by atoms with Crippen LogP contribution < -0.4 is 10.1 Å². The maximum atomic E-state index is 13.4. The highest BCUT2D eigenvalue weighted by Gasteiger charge is 2.42. The van der Waals surface area contributed by atoms with Crippen LogP contribution in [0.5, 0.6) is 5.75 Å². The molecule has 144 valence electrons. The number of hydrogen-bond acceptors (Lipinski definition) is 5. The molecule has 4 rings (SSSR count). The quantitative estimate of drug-likeness (QED) is 0.825. The number of thiophene rings is 1. The van der Waals surface area contributed by atoms with Gasteiger partial charge in [0.05, 0.1) is 18.7 Å². The van der Waals surface area contributed by atoms with Crippen molar-refractivity contribution in [1.29, 1.82) is 0 Å². The number of rotatable bonds is 4. The summed E-state index contributed by atoms with van der Waals surface area (Å²) in [4.78, 5) is 31.9. The van der Waals surface area contributed by atoms with Gasteiger partial charge in [-0.1, -0.05) is 18.2 Å². The average Bonchev–Trinajstić information content (AvgIpc) is 3.22. The Morgan fingerprint density at radius 1 is 1.21 bits per heavy atom. The highest BCUT2D eigenvalue weighted by Crippen LogP contribution is 2.45. The lowest BCUT2D eigenvalue weighted by Gasteiger charge is -2.34. The van der Waals surface area contributed by atoms with Gasteiger partial charge in [-0.25, -0.2) is 0 Å². The number of aliphatic imine (C=N–C) groups is 1. The Morgan fingerprint density at radius 2 is 2.04 bits per heavy atom.